The minimum atomic E-state index is -1.79. The Morgan fingerprint density at radius 3 is 2.15 bits per heavy atom. The number of hydrogen-bond donors (Lipinski definition) is 1. The lowest BCUT2D eigenvalue weighted by Crippen LogP contribution is -2.06. The minimum absolute atomic E-state index is 0.0222. The van der Waals surface area contributed by atoms with Gasteiger partial charge in [-0.3, -0.25) is 0 Å². The van der Waals surface area contributed by atoms with Gasteiger partial charge in [-0.25, -0.2) is 4.39 Å². The topological polar surface area (TPSA) is 34.1 Å². The van der Waals surface area contributed by atoms with Crippen molar-refractivity contribution in [3.63, 3.8) is 0 Å². The number of pyridine rings is 1. The summed E-state index contributed by atoms with van der Waals surface area (Å²) >= 11 is 0. The van der Waals surface area contributed by atoms with Crippen LogP contribution in [0.5, 0.6) is 5.75 Å². The van der Waals surface area contributed by atoms with Crippen molar-refractivity contribution >= 4 is 11.4 Å². The van der Waals surface area contributed by atoms with Crippen LogP contribution in [0.3, 0.4) is 0 Å². The molecule has 1 aromatic carbocycles. The zero-order valence-electron chi connectivity index (χ0n) is 9.98. The van der Waals surface area contributed by atoms with E-state index in [9.17, 15) is 22.0 Å². The van der Waals surface area contributed by atoms with E-state index in [1.54, 1.807) is 0 Å². The van der Waals surface area contributed by atoms with Crippen LogP contribution in [0.15, 0.2) is 18.2 Å². The Morgan fingerprint density at radius 2 is 1.60 bits per heavy atom. The van der Waals surface area contributed by atoms with Gasteiger partial charge in [0.25, 0.3) is 11.9 Å². The number of methoxy groups -OCH3 is 1. The van der Waals surface area contributed by atoms with Crippen LogP contribution >= 0.6 is 0 Å². The van der Waals surface area contributed by atoms with Gasteiger partial charge in [-0.15, -0.1) is 0 Å². The number of anilines is 2. The molecule has 1 heterocycles. The molecule has 8 heteroatoms. The normalized spacial score (nSPS) is 10.5. The van der Waals surface area contributed by atoms with Crippen LogP contribution in [0, 0.1) is 29.3 Å². The van der Waals surface area contributed by atoms with Crippen molar-refractivity contribution < 1.29 is 26.7 Å². The third-order valence-electron chi connectivity index (χ3n) is 2.42. The number of hydrogen-bond acceptors (Lipinski definition) is 3. The summed E-state index contributed by atoms with van der Waals surface area (Å²) in [7, 11) is 1.19. The molecule has 2 aromatic rings. The Morgan fingerprint density at radius 1 is 1.00 bits per heavy atom. The average molecular weight is 290 g/mol. The first kappa shape index (κ1) is 14.0. The fourth-order valence-electron chi connectivity index (χ4n) is 1.48. The predicted octanol–water partition coefficient (Wildman–Crippen LogP) is 3.53. The highest BCUT2D eigenvalue weighted by atomic mass is 19.2. The highest BCUT2D eigenvalue weighted by molar-refractivity contribution is 5.62. The largest absolute Gasteiger partial charge is 0.494 e. The van der Waals surface area contributed by atoms with Crippen molar-refractivity contribution in [3.05, 3.63) is 47.5 Å². The van der Waals surface area contributed by atoms with E-state index in [0.717, 1.165) is 18.2 Å². The lowest BCUT2D eigenvalue weighted by Gasteiger charge is -2.10. The van der Waals surface area contributed by atoms with Crippen LogP contribution in [-0.4, -0.2) is 12.1 Å². The van der Waals surface area contributed by atoms with E-state index in [-0.39, 0.29) is 11.4 Å². The van der Waals surface area contributed by atoms with E-state index in [1.165, 1.54) is 7.11 Å². The molecule has 0 fully saturated rings. The van der Waals surface area contributed by atoms with E-state index in [0.29, 0.717) is 0 Å². The maximum absolute atomic E-state index is 13.4. The van der Waals surface area contributed by atoms with Gasteiger partial charge in [-0.1, -0.05) is 0 Å². The fourth-order valence-corrected chi connectivity index (χ4v) is 1.48. The molecule has 1 N–H and O–H groups in total. The maximum Gasteiger partial charge on any atom is 0.253 e. The first-order valence-electron chi connectivity index (χ1n) is 5.24. The predicted molar refractivity (Wildman–Crippen MR) is 60.3 cm³/mol. The molecule has 0 aliphatic rings. The van der Waals surface area contributed by atoms with Crippen molar-refractivity contribution in [2.24, 2.45) is 0 Å². The van der Waals surface area contributed by atoms with Gasteiger partial charge in [-0.05, 0) is 12.1 Å². The number of benzene rings is 1. The van der Waals surface area contributed by atoms with Gasteiger partial charge in [0.15, 0.2) is 11.6 Å². The summed E-state index contributed by atoms with van der Waals surface area (Å²) in [5.41, 5.74) is -1.09. The molecule has 0 bridgehead atoms. The average Bonchev–Trinajstić information content (AvgIpc) is 2.43. The van der Waals surface area contributed by atoms with E-state index in [1.807, 2.05) is 0 Å². The molecule has 1 aromatic heterocycles. The van der Waals surface area contributed by atoms with Crippen LogP contribution in [0.25, 0.3) is 0 Å². The lowest BCUT2D eigenvalue weighted by atomic mass is 10.2. The van der Waals surface area contributed by atoms with Crippen molar-refractivity contribution in [2.45, 2.75) is 0 Å². The zero-order valence-corrected chi connectivity index (χ0v) is 9.98. The van der Waals surface area contributed by atoms with Gasteiger partial charge in [0.1, 0.15) is 5.69 Å². The summed E-state index contributed by atoms with van der Waals surface area (Å²) in [6.45, 7) is 0. The van der Waals surface area contributed by atoms with E-state index in [2.05, 4.69) is 15.0 Å². The molecule has 0 unspecified atom stereocenters. The van der Waals surface area contributed by atoms with Crippen molar-refractivity contribution in [1.82, 2.24) is 4.98 Å². The van der Waals surface area contributed by atoms with E-state index >= 15 is 0 Å². The van der Waals surface area contributed by atoms with Gasteiger partial charge in [0, 0.05) is 11.8 Å². The SMILES string of the molecule is COc1cc(Nc2c(F)c(F)nc(F)c2F)ccc1F. The minimum Gasteiger partial charge on any atom is -0.494 e. The van der Waals surface area contributed by atoms with E-state index < -0.39 is 35.0 Å². The monoisotopic (exact) mass is 290 g/mol. The second-order valence-electron chi connectivity index (χ2n) is 3.67. The lowest BCUT2D eigenvalue weighted by molar-refractivity contribution is 0.387. The number of aromatic nitrogens is 1. The molecule has 0 aliphatic heterocycles. The Hall–Kier alpha value is -2.38. The maximum atomic E-state index is 13.4. The number of nitrogens with one attached hydrogen (secondary N) is 1. The second kappa shape index (κ2) is 5.32. The van der Waals surface area contributed by atoms with Crippen LogP contribution in [0.4, 0.5) is 33.3 Å². The molecule has 0 saturated carbocycles. The molecule has 106 valence electrons. The summed E-state index contributed by atoms with van der Waals surface area (Å²) in [6.07, 6.45) is 0. The molecule has 0 atom stereocenters. The summed E-state index contributed by atoms with van der Waals surface area (Å²) in [5.74, 6) is -7.86. The van der Waals surface area contributed by atoms with Gasteiger partial charge < -0.3 is 10.1 Å². The van der Waals surface area contributed by atoms with Crippen LogP contribution in [-0.2, 0) is 0 Å². The second-order valence-corrected chi connectivity index (χ2v) is 3.67. The van der Waals surface area contributed by atoms with Crippen LogP contribution in [0.1, 0.15) is 0 Å². The molecule has 0 amide bonds. The molecular formula is C12H7F5N2O. The Balaban J connectivity index is 2.45. The summed E-state index contributed by atoms with van der Waals surface area (Å²) in [4.78, 5) is 2.41. The number of nitrogens with zero attached hydrogens (tertiary/aromatic N) is 1. The first-order chi connectivity index (χ1) is 9.43. The van der Waals surface area contributed by atoms with Gasteiger partial charge >= 0.3 is 0 Å². The molecule has 0 saturated heterocycles. The Kier molecular flexibility index (Phi) is 3.73. The first-order valence-corrected chi connectivity index (χ1v) is 5.24. The molecule has 2 rings (SSSR count). The highest BCUT2D eigenvalue weighted by Gasteiger charge is 2.21. The molecule has 20 heavy (non-hydrogen) atoms. The Labute approximate surface area is 110 Å². The highest BCUT2D eigenvalue weighted by Crippen LogP contribution is 2.28. The Bertz CT molecular complexity index is 637. The summed E-state index contributed by atoms with van der Waals surface area (Å²) in [6, 6.07) is 3.16. The van der Waals surface area contributed by atoms with Gasteiger partial charge in [0.05, 0.1) is 7.11 Å². The molecule has 0 aliphatic carbocycles. The third-order valence-corrected chi connectivity index (χ3v) is 2.42. The molecular weight excluding hydrogens is 283 g/mol. The molecule has 0 spiro atoms. The number of halogens is 5. The van der Waals surface area contributed by atoms with E-state index in [4.69, 9.17) is 0 Å². The standard InChI is InChI=1S/C12H7F5N2O/c1-20-7-4-5(2-3-6(7)13)18-10-8(14)11(16)19-12(17)9(10)15/h2-4H,1H3,(H,18,19). The van der Waals surface area contributed by atoms with Crippen LogP contribution < -0.4 is 10.1 Å². The van der Waals surface area contributed by atoms with Crippen LogP contribution in [0.2, 0.25) is 0 Å². The number of ether oxygens (including phenoxy) is 1. The third kappa shape index (κ3) is 2.49. The van der Waals surface area contributed by atoms with Gasteiger partial charge in [0.2, 0.25) is 11.6 Å². The summed E-state index contributed by atoms with van der Waals surface area (Å²) < 4.78 is 70.4. The zero-order chi connectivity index (χ0) is 14.9. The van der Waals surface area contributed by atoms with Gasteiger partial charge in [-0.2, -0.15) is 22.5 Å². The smallest absolute Gasteiger partial charge is 0.253 e. The van der Waals surface area contributed by atoms with Crippen molar-refractivity contribution in [3.8, 4) is 5.75 Å². The summed E-state index contributed by atoms with van der Waals surface area (Å²) in [5, 5.41) is 2.11. The quantitative estimate of drug-likeness (QED) is 0.693. The van der Waals surface area contributed by atoms with Crippen molar-refractivity contribution in [2.75, 3.05) is 12.4 Å². The number of rotatable bonds is 3. The fraction of sp³-hybridized carbons (Fsp3) is 0.0833. The van der Waals surface area contributed by atoms with Crippen molar-refractivity contribution in [1.29, 1.82) is 0 Å². The molecule has 0 radical (unpaired) electrons. The molecule has 3 nitrogen and oxygen atoms in total.